The molecule has 0 radical (unpaired) electrons. The van der Waals surface area contributed by atoms with E-state index in [4.69, 9.17) is 14.0 Å². The monoisotopic (exact) mass is 359 g/mol. The van der Waals surface area contributed by atoms with Gasteiger partial charge in [-0.1, -0.05) is 35.5 Å². The van der Waals surface area contributed by atoms with Gasteiger partial charge in [-0.2, -0.15) is 4.98 Å². The van der Waals surface area contributed by atoms with Gasteiger partial charge < -0.3 is 18.9 Å². The zero-order valence-corrected chi connectivity index (χ0v) is 15.1. The van der Waals surface area contributed by atoms with Crippen molar-refractivity contribution in [3.8, 4) is 0 Å². The first-order chi connectivity index (χ1) is 12.7. The third-order valence-corrected chi connectivity index (χ3v) is 4.43. The van der Waals surface area contributed by atoms with E-state index in [2.05, 4.69) is 22.3 Å². The van der Waals surface area contributed by atoms with Crippen LogP contribution in [-0.2, 0) is 33.9 Å². The second-order valence-corrected chi connectivity index (χ2v) is 6.44. The number of benzene rings is 1. The smallest absolute Gasteiger partial charge is 0.252 e. The maximum Gasteiger partial charge on any atom is 0.252 e. The van der Waals surface area contributed by atoms with Crippen LogP contribution in [0, 0.1) is 0 Å². The molecule has 1 aliphatic rings. The SMILES string of the molecule is COCc1nc(CO[C@H]2CCCN(C(=O)CCc3ccccc3)C2)no1. The van der Waals surface area contributed by atoms with E-state index in [9.17, 15) is 4.79 Å². The first kappa shape index (κ1) is 18.5. The highest BCUT2D eigenvalue weighted by Gasteiger charge is 2.24. The van der Waals surface area contributed by atoms with Gasteiger partial charge in [0.25, 0.3) is 5.89 Å². The largest absolute Gasteiger partial charge is 0.375 e. The minimum atomic E-state index is 0.00815. The number of aromatic nitrogens is 2. The van der Waals surface area contributed by atoms with Gasteiger partial charge in [0.1, 0.15) is 13.2 Å². The van der Waals surface area contributed by atoms with Gasteiger partial charge in [0, 0.05) is 26.6 Å². The zero-order chi connectivity index (χ0) is 18.2. The molecule has 140 valence electrons. The maximum atomic E-state index is 12.5. The highest BCUT2D eigenvalue weighted by molar-refractivity contribution is 5.76. The Morgan fingerprint density at radius 3 is 2.96 bits per heavy atom. The van der Waals surface area contributed by atoms with Gasteiger partial charge in [-0.15, -0.1) is 0 Å². The molecule has 7 nitrogen and oxygen atoms in total. The van der Waals surface area contributed by atoms with Crippen molar-refractivity contribution in [1.29, 1.82) is 0 Å². The van der Waals surface area contributed by atoms with Gasteiger partial charge in [0.05, 0.1) is 6.10 Å². The molecule has 0 bridgehead atoms. The lowest BCUT2D eigenvalue weighted by atomic mass is 10.1. The van der Waals surface area contributed by atoms with E-state index in [1.807, 2.05) is 23.1 Å². The lowest BCUT2D eigenvalue weighted by Gasteiger charge is -2.32. The zero-order valence-electron chi connectivity index (χ0n) is 15.1. The fraction of sp³-hybridized carbons (Fsp3) is 0.526. The molecule has 0 N–H and O–H groups in total. The second kappa shape index (κ2) is 9.45. The number of amides is 1. The Hall–Kier alpha value is -2.25. The molecular formula is C19H25N3O4. The Labute approximate surface area is 153 Å². The molecule has 0 unspecified atom stereocenters. The molecule has 0 saturated carbocycles. The number of ether oxygens (including phenoxy) is 2. The van der Waals surface area contributed by atoms with Crippen LogP contribution >= 0.6 is 0 Å². The number of piperidine rings is 1. The van der Waals surface area contributed by atoms with Crippen LogP contribution in [0.4, 0.5) is 0 Å². The van der Waals surface area contributed by atoms with E-state index < -0.39 is 0 Å². The predicted molar refractivity (Wildman–Crippen MR) is 94.2 cm³/mol. The lowest BCUT2D eigenvalue weighted by Crippen LogP contribution is -2.43. The average Bonchev–Trinajstić information content (AvgIpc) is 3.13. The summed E-state index contributed by atoms with van der Waals surface area (Å²) >= 11 is 0. The van der Waals surface area contributed by atoms with Crippen LogP contribution in [-0.4, -0.2) is 47.3 Å². The molecule has 26 heavy (non-hydrogen) atoms. The van der Waals surface area contributed by atoms with Crippen molar-refractivity contribution in [1.82, 2.24) is 15.0 Å². The third-order valence-electron chi connectivity index (χ3n) is 4.43. The molecule has 0 aliphatic carbocycles. The fourth-order valence-electron chi connectivity index (χ4n) is 3.08. The summed E-state index contributed by atoms with van der Waals surface area (Å²) < 4.78 is 15.9. The van der Waals surface area contributed by atoms with Crippen LogP contribution in [0.5, 0.6) is 0 Å². The number of hydrogen-bond acceptors (Lipinski definition) is 6. The minimum absolute atomic E-state index is 0.00815. The van der Waals surface area contributed by atoms with Crippen molar-refractivity contribution in [3.63, 3.8) is 0 Å². The van der Waals surface area contributed by atoms with E-state index in [1.54, 1.807) is 7.11 Å². The van der Waals surface area contributed by atoms with Crippen LogP contribution in [0.1, 0.15) is 36.5 Å². The highest BCUT2D eigenvalue weighted by Crippen LogP contribution is 2.16. The summed E-state index contributed by atoms with van der Waals surface area (Å²) in [6, 6.07) is 10.1. The quantitative estimate of drug-likeness (QED) is 0.720. The van der Waals surface area contributed by atoms with Crippen molar-refractivity contribution in [2.75, 3.05) is 20.2 Å². The molecule has 1 aromatic heterocycles. The van der Waals surface area contributed by atoms with E-state index in [1.165, 1.54) is 5.56 Å². The summed E-state index contributed by atoms with van der Waals surface area (Å²) in [7, 11) is 1.58. The van der Waals surface area contributed by atoms with Crippen LogP contribution in [0.15, 0.2) is 34.9 Å². The lowest BCUT2D eigenvalue weighted by molar-refractivity contribution is -0.135. The van der Waals surface area contributed by atoms with Crippen molar-refractivity contribution in [2.45, 2.75) is 45.0 Å². The molecule has 3 rings (SSSR count). The number of carbonyl (C=O) groups excluding carboxylic acids is 1. The summed E-state index contributed by atoms with van der Waals surface area (Å²) in [4.78, 5) is 18.6. The first-order valence-electron chi connectivity index (χ1n) is 8.98. The summed E-state index contributed by atoms with van der Waals surface area (Å²) in [5.74, 6) is 1.13. The summed E-state index contributed by atoms with van der Waals surface area (Å²) in [6.07, 6.45) is 3.19. The number of carbonyl (C=O) groups is 1. The number of methoxy groups -OCH3 is 1. The Morgan fingerprint density at radius 1 is 1.31 bits per heavy atom. The molecule has 1 atom stereocenters. The number of hydrogen-bond donors (Lipinski definition) is 0. The number of likely N-dealkylation sites (tertiary alicyclic amines) is 1. The molecular weight excluding hydrogens is 334 g/mol. The van der Waals surface area contributed by atoms with Crippen LogP contribution in [0.3, 0.4) is 0 Å². The number of rotatable bonds is 8. The Balaban J connectivity index is 1.43. The molecule has 1 fully saturated rings. The van der Waals surface area contributed by atoms with E-state index >= 15 is 0 Å². The van der Waals surface area contributed by atoms with Gasteiger partial charge in [-0.3, -0.25) is 4.79 Å². The minimum Gasteiger partial charge on any atom is -0.375 e. The van der Waals surface area contributed by atoms with Crippen molar-refractivity contribution in [3.05, 3.63) is 47.6 Å². The van der Waals surface area contributed by atoms with Crippen molar-refractivity contribution >= 4 is 5.91 Å². The fourth-order valence-corrected chi connectivity index (χ4v) is 3.08. The van der Waals surface area contributed by atoms with Crippen molar-refractivity contribution in [2.24, 2.45) is 0 Å². The van der Waals surface area contributed by atoms with Gasteiger partial charge in [-0.05, 0) is 24.8 Å². The Kier molecular flexibility index (Phi) is 6.74. The summed E-state index contributed by atoms with van der Waals surface area (Å²) in [5, 5.41) is 3.86. The number of aryl methyl sites for hydroxylation is 1. The molecule has 0 spiro atoms. The average molecular weight is 359 g/mol. The van der Waals surface area contributed by atoms with Gasteiger partial charge in [0.15, 0.2) is 5.82 Å². The van der Waals surface area contributed by atoms with E-state index in [-0.39, 0.29) is 18.6 Å². The maximum absolute atomic E-state index is 12.5. The predicted octanol–water partition coefficient (Wildman–Crippen LogP) is 2.36. The van der Waals surface area contributed by atoms with E-state index in [0.717, 1.165) is 25.8 Å². The van der Waals surface area contributed by atoms with Crippen LogP contribution in [0.2, 0.25) is 0 Å². The van der Waals surface area contributed by atoms with Gasteiger partial charge >= 0.3 is 0 Å². The second-order valence-electron chi connectivity index (χ2n) is 6.44. The van der Waals surface area contributed by atoms with Gasteiger partial charge in [-0.25, -0.2) is 0 Å². The standard InChI is InChI=1S/C19H25N3O4/c1-24-14-18-20-17(21-26-18)13-25-16-8-5-11-22(12-16)19(23)10-9-15-6-3-2-4-7-15/h2-4,6-7,16H,5,8-14H2,1H3/t16-/m0/s1. The summed E-state index contributed by atoms with van der Waals surface area (Å²) in [6.45, 7) is 1.99. The summed E-state index contributed by atoms with van der Waals surface area (Å²) in [5.41, 5.74) is 1.19. The molecule has 1 aromatic carbocycles. The number of nitrogens with zero attached hydrogens (tertiary/aromatic N) is 3. The molecule has 2 heterocycles. The Bertz CT molecular complexity index is 689. The normalized spacial score (nSPS) is 17.4. The highest BCUT2D eigenvalue weighted by atomic mass is 16.5. The Morgan fingerprint density at radius 2 is 2.15 bits per heavy atom. The molecule has 7 heteroatoms. The first-order valence-corrected chi connectivity index (χ1v) is 8.98. The van der Waals surface area contributed by atoms with Crippen LogP contribution < -0.4 is 0 Å². The molecule has 1 saturated heterocycles. The molecule has 1 amide bonds. The van der Waals surface area contributed by atoms with Crippen LogP contribution in [0.25, 0.3) is 0 Å². The van der Waals surface area contributed by atoms with E-state index in [0.29, 0.717) is 31.3 Å². The molecule has 1 aliphatic heterocycles. The molecule has 2 aromatic rings. The topological polar surface area (TPSA) is 77.7 Å². The van der Waals surface area contributed by atoms with Crippen molar-refractivity contribution < 1.29 is 18.8 Å². The van der Waals surface area contributed by atoms with Gasteiger partial charge in [0.2, 0.25) is 5.91 Å². The third kappa shape index (κ3) is 5.37.